The van der Waals surface area contributed by atoms with E-state index in [1.807, 2.05) is 30.3 Å². The van der Waals surface area contributed by atoms with Gasteiger partial charge in [0.25, 0.3) is 0 Å². The van der Waals surface area contributed by atoms with Gasteiger partial charge in [0.1, 0.15) is 5.82 Å². The fraction of sp³-hybridized carbons (Fsp3) is 0.143. The highest BCUT2D eigenvalue weighted by molar-refractivity contribution is 6.30. The Balaban J connectivity index is 2.02. The van der Waals surface area contributed by atoms with E-state index < -0.39 is 0 Å². The summed E-state index contributed by atoms with van der Waals surface area (Å²) in [5, 5.41) is 0.747. The van der Waals surface area contributed by atoms with Gasteiger partial charge in [0.15, 0.2) is 0 Å². The Morgan fingerprint density at radius 3 is 2.12 bits per heavy atom. The minimum atomic E-state index is -0.177. The van der Waals surface area contributed by atoms with Gasteiger partial charge in [-0.05, 0) is 48.2 Å². The number of rotatable bonds is 3. The minimum Gasteiger partial charge on any atom is -0.207 e. The molecule has 0 aliphatic carbocycles. The number of hydrogen-bond acceptors (Lipinski definition) is 0. The van der Waals surface area contributed by atoms with E-state index in [1.165, 1.54) is 11.6 Å². The fourth-order valence-electron chi connectivity index (χ4n) is 1.67. The Hall–Kier alpha value is -1.34. The Morgan fingerprint density at radius 1 is 0.875 bits per heavy atom. The lowest BCUT2D eigenvalue weighted by Crippen LogP contribution is -1.91. The van der Waals surface area contributed by atoms with Crippen LogP contribution in [-0.4, -0.2) is 0 Å². The molecule has 0 saturated carbocycles. The molecular formula is C14H12ClF. The van der Waals surface area contributed by atoms with E-state index in [0.717, 1.165) is 23.4 Å². The molecule has 2 aromatic rings. The van der Waals surface area contributed by atoms with Crippen molar-refractivity contribution in [3.05, 3.63) is 70.5 Å². The summed E-state index contributed by atoms with van der Waals surface area (Å²) in [6, 6.07) is 14.5. The predicted octanol–water partition coefficient (Wildman–Crippen LogP) is 4.26. The van der Waals surface area contributed by atoms with Crippen LogP contribution in [0.3, 0.4) is 0 Å². The van der Waals surface area contributed by atoms with Crippen LogP contribution in [0.25, 0.3) is 0 Å². The Bertz CT molecular complexity index is 434. The summed E-state index contributed by atoms with van der Waals surface area (Å²) in [7, 11) is 0. The van der Waals surface area contributed by atoms with Gasteiger partial charge in [0.05, 0.1) is 0 Å². The van der Waals surface area contributed by atoms with Crippen molar-refractivity contribution in [1.82, 2.24) is 0 Å². The first-order valence-electron chi connectivity index (χ1n) is 5.23. The van der Waals surface area contributed by atoms with Gasteiger partial charge in [-0.25, -0.2) is 4.39 Å². The van der Waals surface area contributed by atoms with Gasteiger partial charge in [-0.1, -0.05) is 35.9 Å². The van der Waals surface area contributed by atoms with Crippen molar-refractivity contribution in [2.24, 2.45) is 0 Å². The quantitative estimate of drug-likeness (QED) is 0.744. The molecule has 0 spiro atoms. The first-order chi connectivity index (χ1) is 7.74. The molecule has 0 bridgehead atoms. The van der Waals surface area contributed by atoms with Crippen molar-refractivity contribution >= 4 is 11.6 Å². The molecule has 0 atom stereocenters. The monoisotopic (exact) mass is 234 g/mol. The van der Waals surface area contributed by atoms with Crippen LogP contribution < -0.4 is 0 Å². The van der Waals surface area contributed by atoms with Crippen LogP contribution in [0.1, 0.15) is 11.1 Å². The van der Waals surface area contributed by atoms with E-state index in [-0.39, 0.29) is 5.82 Å². The van der Waals surface area contributed by atoms with Gasteiger partial charge >= 0.3 is 0 Å². The van der Waals surface area contributed by atoms with Gasteiger partial charge in [-0.2, -0.15) is 0 Å². The van der Waals surface area contributed by atoms with Gasteiger partial charge in [-0.15, -0.1) is 0 Å². The van der Waals surface area contributed by atoms with Crippen LogP contribution in [0.2, 0.25) is 5.02 Å². The Labute approximate surface area is 99.7 Å². The molecule has 0 saturated heterocycles. The lowest BCUT2D eigenvalue weighted by atomic mass is 10.0. The number of halogens is 2. The summed E-state index contributed by atoms with van der Waals surface area (Å²) in [5.41, 5.74) is 2.19. The molecule has 0 aliphatic heterocycles. The summed E-state index contributed by atoms with van der Waals surface area (Å²) in [4.78, 5) is 0. The maximum absolute atomic E-state index is 12.9. The van der Waals surface area contributed by atoms with Crippen molar-refractivity contribution < 1.29 is 4.39 Å². The second-order valence-corrected chi connectivity index (χ2v) is 4.20. The molecule has 0 fully saturated rings. The third-order valence-corrected chi connectivity index (χ3v) is 2.72. The number of aryl methyl sites for hydroxylation is 2. The van der Waals surface area contributed by atoms with Crippen molar-refractivity contribution in [1.29, 1.82) is 0 Å². The zero-order valence-electron chi connectivity index (χ0n) is 8.79. The average molecular weight is 235 g/mol. The van der Waals surface area contributed by atoms with E-state index in [1.54, 1.807) is 12.1 Å². The van der Waals surface area contributed by atoms with Gasteiger partial charge in [-0.3, -0.25) is 0 Å². The highest BCUT2D eigenvalue weighted by Crippen LogP contribution is 2.13. The smallest absolute Gasteiger partial charge is 0.123 e. The standard InChI is InChI=1S/C14H12ClF/c15-13-5-1-3-11(9-13)7-8-12-4-2-6-14(16)10-12/h1-6,9-10H,7-8H2. The van der Waals surface area contributed by atoms with Crippen LogP contribution in [0, 0.1) is 5.82 Å². The van der Waals surface area contributed by atoms with Gasteiger partial charge < -0.3 is 0 Å². The van der Waals surface area contributed by atoms with Crippen LogP contribution in [0.4, 0.5) is 4.39 Å². The van der Waals surface area contributed by atoms with E-state index in [0.29, 0.717) is 0 Å². The third kappa shape index (κ3) is 3.07. The first-order valence-corrected chi connectivity index (χ1v) is 5.61. The topological polar surface area (TPSA) is 0 Å². The summed E-state index contributed by atoms with van der Waals surface area (Å²) in [6.45, 7) is 0. The van der Waals surface area contributed by atoms with E-state index in [4.69, 9.17) is 11.6 Å². The van der Waals surface area contributed by atoms with Gasteiger partial charge in [0.2, 0.25) is 0 Å². The molecule has 2 rings (SSSR count). The molecule has 0 nitrogen and oxygen atoms in total. The third-order valence-electron chi connectivity index (χ3n) is 2.48. The van der Waals surface area contributed by atoms with Crippen LogP contribution in [0.15, 0.2) is 48.5 Å². The van der Waals surface area contributed by atoms with Crippen LogP contribution >= 0.6 is 11.6 Å². The molecule has 0 heterocycles. The molecule has 0 amide bonds. The fourth-order valence-corrected chi connectivity index (χ4v) is 1.89. The first kappa shape index (κ1) is 11.2. The SMILES string of the molecule is Fc1cccc(CCc2cccc(Cl)c2)c1. The van der Waals surface area contributed by atoms with Crippen LogP contribution in [0.5, 0.6) is 0 Å². The molecule has 16 heavy (non-hydrogen) atoms. The molecule has 0 N–H and O–H groups in total. The molecule has 0 radical (unpaired) electrons. The van der Waals surface area contributed by atoms with Crippen molar-refractivity contribution in [3.8, 4) is 0 Å². The second-order valence-electron chi connectivity index (χ2n) is 3.76. The molecule has 0 unspecified atom stereocenters. The van der Waals surface area contributed by atoms with E-state index in [9.17, 15) is 4.39 Å². The normalized spacial score (nSPS) is 10.4. The highest BCUT2D eigenvalue weighted by atomic mass is 35.5. The molecule has 82 valence electrons. The van der Waals surface area contributed by atoms with Crippen LogP contribution in [-0.2, 0) is 12.8 Å². The number of hydrogen-bond donors (Lipinski definition) is 0. The van der Waals surface area contributed by atoms with E-state index >= 15 is 0 Å². The summed E-state index contributed by atoms with van der Waals surface area (Å²) in [5.74, 6) is -0.177. The molecule has 2 heteroatoms. The lowest BCUT2D eigenvalue weighted by molar-refractivity contribution is 0.625. The molecular weight excluding hydrogens is 223 g/mol. The largest absolute Gasteiger partial charge is 0.207 e. The maximum atomic E-state index is 12.9. The summed E-state index contributed by atoms with van der Waals surface area (Å²) < 4.78 is 12.9. The number of benzene rings is 2. The lowest BCUT2D eigenvalue weighted by Gasteiger charge is -2.02. The average Bonchev–Trinajstić information content (AvgIpc) is 2.27. The molecule has 2 aromatic carbocycles. The Morgan fingerprint density at radius 2 is 1.50 bits per heavy atom. The van der Waals surface area contributed by atoms with Gasteiger partial charge in [0, 0.05) is 5.02 Å². The maximum Gasteiger partial charge on any atom is 0.123 e. The Kier molecular flexibility index (Phi) is 3.58. The minimum absolute atomic E-state index is 0.177. The zero-order chi connectivity index (χ0) is 11.4. The highest BCUT2D eigenvalue weighted by Gasteiger charge is 1.98. The molecule has 0 aliphatic rings. The van der Waals surface area contributed by atoms with Crippen molar-refractivity contribution in [2.75, 3.05) is 0 Å². The summed E-state index contributed by atoms with van der Waals surface area (Å²) >= 11 is 5.89. The van der Waals surface area contributed by atoms with Crippen molar-refractivity contribution in [3.63, 3.8) is 0 Å². The zero-order valence-corrected chi connectivity index (χ0v) is 9.54. The van der Waals surface area contributed by atoms with Crippen molar-refractivity contribution in [2.45, 2.75) is 12.8 Å². The summed E-state index contributed by atoms with van der Waals surface area (Å²) in [6.07, 6.45) is 1.71. The predicted molar refractivity (Wildman–Crippen MR) is 65.3 cm³/mol. The second kappa shape index (κ2) is 5.13. The molecule has 0 aromatic heterocycles. The van der Waals surface area contributed by atoms with E-state index in [2.05, 4.69) is 0 Å².